The van der Waals surface area contributed by atoms with Crippen molar-refractivity contribution in [1.82, 2.24) is 9.47 Å². The van der Waals surface area contributed by atoms with E-state index in [0.29, 0.717) is 0 Å². The second kappa shape index (κ2) is 6.36. The van der Waals surface area contributed by atoms with Crippen LogP contribution in [0.5, 0.6) is 0 Å². The fourth-order valence-electron chi connectivity index (χ4n) is 3.77. The van der Waals surface area contributed by atoms with E-state index in [9.17, 15) is 0 Å². The highest BCUT2D eigenvalue weighted by Crippen LogP contribution is 2.32. The van der Waals surface area contributed by atoms with Gasteiger partial charge in [0, 0.05) is 41.8 Å². The molecule has 0 radical (unpaired) electrons. The van der Waals surface area contributed by atoms with Gasteiger partial charge in [-0.3, -0.25) is 0 Å². The molecule has 0 atom stereocenters. The molecule has 1 aromatic heterocycles. The highest BCUT2D eigenvalue weighted by Gasteiger charge is 2.21. The molecule has 2 aromatic carbocycles. The molecule has 0 unspecified atom stereocenters. The van der Waals surface area contributed by atoms with E-state index in [1.807, 2.05) is 12.1 Å². The van der Waals surface area contributed by atoms with Crippen LogP contribution in [0.2, 0.25) is 5.02 Å². The molecule has 0 amide bonds. The number of hydrogen-bond donors (Lipinski definition) is 0. The fourth-order valence-corrected chi connectivity index (χ4v) is 3.90. The van der Waals surface area contributed by atoms with Crippen LogP contribution in [0.15, 0.2) is 42.5 Å². The Labute approximate surface area is 154 Å². The molecule has 4 rings (SSSR count). The van der Waals surface area contributed by atoms with Crippen LogP contribution in [0.4, 0.5) is 0 Å². The highest BCUT2D eigenvalue weighted by molar-refractivity contribution is 6.30. The second-order valence-electron chi connectivity index (χ2n) is 7.12. The Kier molecular flexibility index (Phi) is 4.18. The van der Waals surface area contributed by atoms with Gasteiger partial charge >= 0.3 is 0 Å². The smallest absolute Gasteiger partial charge is 0.0529 e. The molecular weight excluding hydrogens is 328 g/mol. The summed E-state index contributed by atoms with van der Waals surface area (Å²) in [5, 5.41) is 2.17. The van der Waals surface area contributed by atoms with Crippen LogP contribution in [0.3, 0.4) is 0 Å². The lowest BCUT2D eigenvalue weighted by Gasteiger charge is -2.23. The van der Waals surface area contributed by atoms with Crippen LogP contribution in [0, 0.1) is 6.92 Å². The van der Waals surface area contributed by atoms with Gasteiger partial charge in [-0.15, -0.1) is 0 Å². The number of allylic oxidation sites excluding steroid dienone is 1. The maximum atomic E-state index is 6.03. The molecule has 0 bridgehead atoms. The summed E-state index contributed by atoms with van der Waals surface area (Å²) >= 11 is 6.03. The van der Waals surface area contributed by atoms with Crippen molar-refractivity contribution in [3.05, 3.63) is 69.9 Å². The monoisotopic (exact) mass is 350 g/mol. The van der Waals surface area contributed by atoms with E-state index < -0.39 is 0 Å². The molecule has 1 aliphatic rings. The van der Waals surface area contributed by atoms with E-state index in [1.165, 1.54) is 38.9 Å². The van der Waals surface area contributed by atoms with Gasteiger partial charge in [0.25, 0.3) is 0 Å². The lowest BCUT2D eigenvalue weighted by atomic mass is 10.0. The fraction of sp³-hybridized carbons (Fsp3) is 0.273. The Morgan fingerprint density at radius 3 is 2.64 bits per heavy atom. The molecule has 0 fully saturated rings. The summed E-state index contributed by atoms with van der Waals surface area (Å²) in [6.45, 7) is 6.47. The summed E-state index contributed by atoms with van der Waals surface area (Å²) in [6, 6.07) is 14.9. The molecule has 0 spiro atoms. The van der Waals surface area contributed by atoms with Gasteiger partial charge in [-0.1, -0.05) is 35.4 Å². The zero-order valence-electron chi connectivity index (χ0n) is 15.0. The first kappa shape index (κ1) is 16.4. The molecule has 2 nitrogen and oxygen atoms in total. The van der Waals surface area contributed by atoms with Gasteiger partial charge < -0.3 is 9.47 Å². The van der Waals surface area contributed by atoms with Crippen molar-refractivity contribution in [2.24, 2.45) is 0 Å². The lowest BCUT2D eigenvalue weighted by molar-refractivity contribution is 0.312. The SMILES string of the molecule is CC(=Cn1c2c(c3cc(C)ccc31)CN(C)CC2)c1ccc(Cl)cc1. The molecule has 1 aliphatic heterocycles. The van der Waals surface area contributed by atoms with Crippen LogP contribution < -0.4 is 0 Å². The Morgan fingerprint density at radius 2 is 1.88 bits per heavy atom. The third-order valence-corrected chi connectivity index (χ3v) is 5.41. The zero-order valence-corrected chi connectivity index (χ0v) is 15.8. The van der Waals surface area contributed by atoms with Crippen molar-refractivity contribution < 1.29 is 0 Å². The Bertz CT molecular complexity index is 964. The largest absolute Gasteiger partial charge is 0.320 e. The minimum Gasteiger partial charge on any atom is -0.320 e. The predicted molar refractivity (Wildman–Crippen MR) is 108 cm³/mol. The molecule has 0 aliphatic carbocycles. The van der Waals surface area contributed by atoms with Crippen LogP contribution in [0.25, 0.3) is 22.7 Å². The molecule has 2 heterocycles. The summed E-state index contributed by atoms with van der Waals surface area (Å²) in [6.07, 6.45) is 3.37. The summed E-state index contributed by atoms with van der Waals surface area (Å²) in [7, 11) is 2.21. The highest BCUT2D eigenvalue weighted by atomic mass is 35.5. The first-order chi connectivity index (χ1) is 12.0. The number of rotatable bonds is 2. The first-order valence-corrected chi connectivity index (χ1v) is 9.16. The number of fused-ring (bicyclic) bond motifs is 3. The van der Waals surface area contributed by atoms with Gasteiger partial charge in [-0.05, 0) is 61.9 Å². The van der Waals surface area contributed by atoms with Crippen LogP contribution >= 0.6 is 11.6 Å². The number of aromatic nitrogens is 1. The van der Waals surface area contributed by atoms with Crippen molar-refractivity contribution in [3.63, 3.8) is 0 Å². The number of benzene rings is 2. The maximum absolute atomic E-state index is 6.03. The average molecular weight is 351 g/mol. The van der Waals surface area contributed by atoms with E-state index in [-0.39, 0.29) is 0 Å². The van der Waals surface area contributed by atoms with Crippen molar-refractivity contribution in [1.29, 1.82) is 0 Å². The number of hydrogen-bond acceptors (Lipinski definition) is 1. The molecule has 0 N–H and O–H groups in total. The van der Waals surface area contributed by atoms with E-state index >= 15 is 0 Å². The third-order valence-electron chi connectivity index (χ3n) is 5.16. The van der Waals surface area contributed by atoms with E-state index in [0.717, 1.165) is 24.5 Å². The minimum atomic E-state index is 0.777. The maximum Gasteiger partial charge on any atom is 0.0529 e. The van der Waals surface area contributed by atoms with E-state index in [2.05, 4.69) is 66.9 Å². The normalized spacial score (nSPS) is 15.6. The van der Waals surface area contributed by atoms with Gasteiger partial charge in [0.2, 0.25) is 0 Å². The quantitative estimate of drug-likeness (QED) is 0.583. The Hall–Kier alpha value is -2.03. The summed E-state index contributed by atoms with van der Waals surface area (Å²) in [5.41, 5.74) is 8.01. The molecule has 25 heavy (non-hydrogen) atoms. The van der Waals surface area contributed by atoms with Crippen molar-refractivity contribution in [2.45, 2.75) is 26.8 Å². The molecule has 128 valence electrons. The molecular formula is C22H23ClN2. The molecule has 3 aromatic rings. The number of nitrogens with zero attached hydrogens (tertiary/aromatic N) is 2. The number of halogens is 1. The second-order valence-corrected chi connectivity index (χ2v) is 7.56. The summed E-state index contributed by atoms with van der Waals surface area (Å²) < 4.78 is 2.40. The van der Waals surface area contributed by atoms with Crippen molar-refractivity contribution in [3.8, 4) is 0 Å². The van der Waals surface area contributed by atoms with Crippen molar-refractivity contribution in [2.75, 3.05) is 13.6 Å². The van der Waals surface area contributed by atoms with E-state index in [4.69, 9.17) is 11.6 Å². The topological polar surface area (TPSA) is 8.17 Å². The Balaban J connectivity index is 1.89. The van der Waals surface area contributed by atoms with Gasteiger partial charge in [-0.2, -0.15) is 0 Å². The van der Waals surface area contributed by atoms with E-state index in [1.54, 1.807) is 0 Å². The molecule has 0 saturated carbocycles. The lowest BCUT2D eigenvalue weighted by Crippen LogP contribution is -2.26. The predicted octanol–water partition coefficient (Wildman–Crippen LogP) is 5.61. The number of aryl methyl sites for hydroxylation is 1. The van der Waals surface area contributed by atoms with Crippen LogP contribution in [-0.2, 0) is 13.0 Å². The standard InChI is InChI=1S/C22H23ClN2/c1-15-4-9-21-19(12-15)20-14-24(3)11-10-22(20)25(21)13-16(2)17-5-7-18(23)8-6-17/h4-9,12-13H,10-11,14H2,1-3H3. The Morgan fingerprint density at radius 1 is 1.12 bits per heavy atom. The molecule has 0 saturated heterocycles. The van der Waals surface area contributed by atoms with Gasteiger partial charge in [0.05, 0.1) is 5.52 Å². The van der Waals surface area contributed by atoms with Gasteiger partial charge in [0.15, 0.2) is 0 Å². The summed E-state index contributed by atoms with van der Waals surface area (Å²) in [4.78, 5) is 2.41. The molecule has 3 heteroatoms. The van der Waals surface area contributed by atoms with Crippen molar-refractivity contribution >= 4 is 34.3 Å². The first-order valence-electron chi connectivity index (χ1n) is 8.78. The zero-order chi connectivity index (χ0) is 17.6. The van der Waals surface area contributed by atoms with Crippen LogP contribution in [-0.4, -0.2) is 23.1 Å². The van der Waals surface area contributed by atoms with Gasteiger partial charge in [-0.25, -0.2) is 0 Å². The number of likely N-dealkylation sites (N-methyl/N-ethyl adjacent to an activating group) is 1. The van der Waals surface area contributed by atoms with Gasteiger partial charge in [0.1, 0.15) is 0 Å². The minimum absolute atomic E-state index is 0.777. The summed E-state index contributed by atoms with van der Waals surface area (Å²) in [5.74, 6) is 0. The van der Waals surface area contributed by atoms with Crippen LogP contribution in [0.1, 0.15) is 29.3 Å². The third kappa shape index (κ3) is 3.01. The average Bonchev–Trinajstić information content (AvgIpc) is 2.88.